The Hall–Kier alpha value is -5.80. The van der Waals surface area contributed by atoms with Crippen molar-refractivity contribution >= 4 is 58.2 Å². The molecule has 0 radical (unpaired) electrons. The van der Waals surface area contributed by atoms with Crippen LogP contribution in [0.5, 0.6) is 0 Å². The normalized spacial score (nSPS) is 17.9. The van der Waals surface area contributed by atoms with Gasteiger partial charge in [0.1, 0.15) is 24.2 Å². The minimum absolute atomic E-state index is 0.0966. The van der Waals surface area contributed by atoms with E-state index in [4.69, 9.17) is 0 Å². The van der Waals surface area contributed by atoms with Gasteiger partial charge in [0.25, 0.3) is 0 Å². The topological polar surface area (TPSA) is 201 Å². The van der Waals surface area contributed by atoms with Crippen molar-refractivity contribution in [1.82, 2.24) is 30.4 Å². The first-order chi connectivity index (χ1) is 25.8. The molecule has 2 aliphatic rings. The monoisotopic (exact) mass is 744 g/mol. The summed E-state index contributed by atoms with van der Waals surface area (Å²) in [6.07, 6.45) is 4.07. The van der Waals surface area contributed by atoms with Crippen molar-refractivity contribution in [1.29, 1.82) is 0 Å². The van der Waals surface area contributed by atoms with Gasteiger partial charge in [0.2, 0.25) is 29.6 Å². The molecule has 4 atom stereocenters. The highest BCUT2D eigenvalue weighted by molar-refractivity contribution is 6.01. The average Bonchev–Trinajstić information content (AvgIpc) is 3.86. The van der Waals surface area contributed by atoms with Crippen LogP contribution in [-0.2, 0) is 28.7 Å². The zero-order valence-corrected chi connectivity index (χ0v) is 31.4. The summed E-state index contributed by atoms with van der Waals surface area (Å²) in [5.74, 6) is -1.71. The van der Waals surface area contributed by atoms with Gasteiger partial charge in [-0.3, -0.25) is 24.5 Å². The zero-order chi connectivity index (χ0) is 39.1. The van der Waals surface area contributed by atoms with Crippen LogP contribution in [0.1, 0.15) is 53.4 Å². The van der Waals surface area contributed by atoms with E-state index in [2.05, 4.69) is 40.7 Å². The molecule has 0 bridgehead atoms. The number of benzene rings is 2. The lowest BCUT2D eigenvalue weighted by Gasteiger charge is -2.30. The summed E-state index contributed by atoms with van der Waals surface area (Å²) < 4.78 is 9.36. The van der Waals surface area contributed by atoms with E-state index in [1.807, 2.05) is 44.2 Å². The van der Waals surface area contributed by atoms with Crippen molar-refractivity contribution in [2.75, 3.05) is 37.9 Å². The number of hydrogen-bond donors (Lipinski definition) is 4. The maximum absolute atomic E-state index is 13.4. The molecule has 1 aromatic heterocycles. The standard InChI is InChI=1S/C38H48N8O8/c1-21(2)30(42-37(51)53-5)34(49)45-15-7-9-28(45)32(47)41-27-14-13-23-17-24(11-12-25(23)18-27)26-19-39-36(40-20-26)44-33(48)29-10-8-16-46(29)35(50)31(22(3)4)43-38(52)54-6/h11-14,17-22,28-31H,7-10,15-16H2,1-6H3,(H,41,47)(H,42,51)(H,43,52)(H,39,40,44,48)/t28-,29-,30-,31-/m0/s1. The van der Waals surface area contributed by atoms with E-state index in [9.17, 15) is 28.8 Å². The Balaban J connectivity index is 1.21. The van der Waals surface area contributed by atoms with Gasteiger partial charge in [-0.1, -0.05) is 45.9 Å². The summed E-state index contributed by atoms with van der Waals surface area (Å²) in [5, 5.41) is 12.6. The van der Waals surface area contributed by atoms with Gasteiger partial charge in [0.15, 0.2) is 0 Å². The molecule has 16 heteroatoms. The Morgan fingerprint density at radius 2 is 1.15 bits per heavy atom. The summed E-state index contributed by atoms with van der Waals surface area (Å²) in [7, 11) is 2.46. The zero-order valence-electron chi connectivity index (χ0n) is 31.4. The van der Waals surface area contributed by atoms with Gasteiger partial charge in [0, 0.05) is 36.7 Å². The summed E-state index contributed by atoms with van der Waals surface area (Å²) in [6, 6.07) is 8.26. The van der Waals surface area contributed by atoms with Crippen LogP contribution in [0.2, 0.25) is 0 Å². The van der Waals surface area contributed by atoms with Gasteiger partial charge >= 0.3 is 12.2 Å². The molecule has 2 fully saturated rings. The molecule has 16 nitrogen and oxygen atoms in total. The van der Waals surface area contributed by atoms with Crippen molar-refractivity contribution in [3.05, 3.63) is 48.8 Å². The van der Waals surface area contributed by atoms with Crippen LogP contribution in [0.3, 0.4) is 0 Å². The Morgan fingerprint density at radius 3 is 1.65 bits per heavy atom. The van der Waals surface area contributed by atoms with E-state index in [1.165, 1.54) is 24.0 Å². The lowest BCUT2D eigenvalue weighted by Crippen LogP contribution is -2.54. The Kier molecular flexibility index (Phi) is 12.7. The van der Waals surface area contributed by atoms with Crippen molar-refractivity contribution in [2.24, 2.45) is 11.8 Å². The lowest BCUT2D eigenvalue weighted by molar-refractivity contribution is -0.139. The minimum atomic E-state index is -0.837. The molecule has 2 aromatic carbocycles. The van der Waals surface area contributed by atoms with Gasteiger partial charge in [-0.25, -0.2) is 19.6 Å². The van der Waals surface area contributed by atoms with Crippen molar-refractivity contribution in [3.63, 3.8) is 0 Å². The van der Waals surface area contributed by atoms with Crippen LogP contribution in [-0.4, -0.2) is 107 Å². The quantitative estimate of drug-likeness (QED) is 0.223. The number of carbonyl (C=O) groups is 6. The van der Waals surface area contributed by atoms with Crippen LogP contribution < -0.4 is 21.3 Å². The minimum Gasteiger partial charge on any atom is -0.453 e. The van der Waals surface area contributed by atoms with Crippen LogP contribution in [0.4, 0.5) is 21.2 Å². The Labute approximate surface area is 313 Å². The fourth-order valence-electron chi connectivity index (χ4n) is 6.83. The van der Waals surface area contributed by atoms with E-state index in [1.54, 1.807) is 32.3 Å². The average molecular weight is 745 g/mol. The van der Waals surface area contributed by atoms with Gasteiger partial charge in [0.05, 0.1) is 14.2 Å². The molecule has 0 aliphatic carbocycles. The number of alkyl carbamates (subject to hydrolysis) is 2. The van der Waals surface area contributed by atoms with Crippen molar-refractivity contribution < 1.29 is 38.2 Å². The number of amides is 6. The van der Waals surface area contributed by atoms with Gasteiger partial charge in [-0.15, -0.1) is 0 Å². The maximum atomic E-state index is 13.4. The summed E-state index contributed by atoms with van der Waals surface area (Å²) in [5.41, 5.74) is 2.13. The third-order valence-corrected chi connectivity index (χ3v) is 9.79. The second-order valence-corrected chi connectivity index (χ2v) is 14.1. The van der Waals surface area contributed by atoms with Gasteiger partial charge in [-0.05, 0) is 72.1 Å². The highest BCUT2D eigenvalue weighted by Crippen LogP contribution is 2.28. The number of likely N-dealkylation sites (tertiary alicyclic amines) is 2. The van der Waals surface area contributed by atoms with Crippen LogP contribution >= 0.6 is 0 Å². The molecule has 2 saturated heterocycles. The number of nitrogens with zero attached hydrogens (tertiary/aromatic N) is 4. The van der Waals surface area contributed by atoms with E-state index in [0.717, 1.165) is 16.3 Å². The fraction of sp³-hybridized carbons (Fsp3) is 0.474. The number of aromatic nitrogens is 2. The number of rotatable bonds is 11. The molecule has 3 heterocycles. The molecule has 6 amide bonds. The highest BCUT2D eigenvalue weighted by atomic mass is 16.5. The smallest absolute Gasteiger partial charge is 0.407 e. The second-order valence-electron chi connectivity index (χ2n) is 14.1. The van der Waals surface area contributed by atoms with Crippen LogP contribution in [0, 0.1) is 11.8 Å². The highest BCUT2D eigenvalue weighted by Gasteiger charge is 2.40. The fourth-order valence-corrected chi connectivity index (χ4v) is 6.83. The Morgan fingerprint density at radius 1 is 0.667 bits per heavy atom. The molecule has 288 valence electrons. The van der Waals surface area contributed by atoms with E-state index < -0.39 is 42.3 Å². The predicted molar refractivity (Wildman–Crippen MR) is 200 cm³/mol. The Bertz CT molecular complexity index is 1880. The van der Waals surface area contributed by atoms with E-state index in [0.29, 0.717) is 50.0 Å². The predicted octanol–water partition coefficient (Wildman–Crippen LogP) is 3.92. The summed E-state index contributed by atoms with van der Waals surface area (Å²) in [4.78, 5) is 88.8. The first-order valence-corrected chi connectivity index (χ1v) is 18.1. The van der Waals surface area contributed by atoms with Gasteiger partial charge < -0.3 is 35.2 Å². The van der Waals surface area contributed by atoms with E-state index >= 15 is 0 Å². The number of anilines is 2. The summed E-state index contributed by atoms with van der Waals surface area (Å²) >= 11 is 0. The van der Waals surface area contributed by atoms with Crippen molar-refractivity contribution in [3.8, 4) is 11.1 Å². The lowest BCUT2D eigenvalue weighted by atomic mass is 10.0. The molecule has 0 spiro atoms. The maximum Gasteiger partial charge on any atom is 0.407 e. The first kappa shape index (κ1) is 39.4. The molecule has 2 aliphatic heterocycles. The molecular formula is C38H48N8O8. The van der Waals surface area contributed by atoms with E-state index in [-0.39, 0.29) is 35.5 Å². The van der Waals surface area contributed by atoms with Crippen LogP contribution in [0.15, 0.2) is 48.8 Å². The second kappa shape index (κ2) is 17.4. The number of ether oxygens (including phenoxy) is 2. The number of nitrogens with one attached hydrogen (secondary N) is 4. The molecule has 3 aromatic rings. The number of fused-ring (bicyclic) bond motifs is 1. The summed E-state index contributed by atoms with van der Waals surface area (Å²) in [6.45, 7) is 8.05. The number of methoxy groups -OCH3 is 2. The first-order valence-electron chi connectivity index (χ1n) is 18.1. The molecule has 0 saturated carbocycles. The number of carbonyl (C=O) groups excluding carboxylic acids is 6. The number of hydrogen-bond acceptors (Lipinski definition) is 10. The van der Waals surface area contributed by atoms with Gasteiger partial charge in [-0.2, -0.15) is 0 Å². The molecule has 4 N–H and O–H groups in total. The third-order valence-electron chi connectivity index (χ3n) is 9.79. The third kappa shape index (κ3) is 9.04. The van der Waals surface area contributed by atoms with Crippen LogP contribution in [0.25, 0.3) is 21.9 Å². The largest absolute Gasteiger partial charge is 0.453 e. The molecule has 0 unspecified atom stereocenters. The molecule has 5 rings (SSSR count). The molecule has 54 heavy (non-hydrogen) atoms. The molecular weight excluding hydrogens is 696 g/mol. The van der Waals surface area contributed by atoms with Crippen molar-refractivity contribution in [2.45, 2.75) is 77.5 Å². The SMILES string of the molecule is COC(=O)N[C@H](C(=O)N1CCC[C@H]1C(=O)Nc1ccc2cc(-c3cnc(NC(=O)[C@@H]4CCCN4C(=O)[C@@H](NC(=O)OC)C(C)C)nc3)ccc2c1)C(C)C.